The molecule has 0 aromatic heterocycles. The first-order valence-electron chi connectivity index (χ1n) is 21.8. The second kappa shape index (κ2) is 25.1. The fraction of sp³-hybridized carbons (Fsp3) is 0.417. The summed E-state index contributed by atoms with van der Waals surface area (Å²) in [5, 5.41) is 0.552. The van der Waals surface area contributed by atoms with E-state index in [4.69, 9.17) is 9.57 Å². The molecule has 0 radical (unpaired) electrons. The number of fused-ring (bicyclic) bond motifs is 2. The Balaban J connectivity index is 0.00000327. The predicted molar refractivity (Wildman–Crippen MR) is 235 cm³/mol. The van der Waals surface area contributed by atoms with Gasteiger partial charge in [-0.3, -0.25) is 9.59 Å². The van der Waals surface area contributed by atoms with Gasteiger partial charge in [0, 0.05) is 67.5 Å². The molecule has 0 N–H and O–H groups in total. The standard InChI is InChI=1S/C48H54N3O11S2.3Na/c1-48(2)40-18-8-9-19-42(40)50(30-11-12-31-63(55,56)57)43(48)26-22-35-15-13-14-34(47(35)61-38-16-5-3-6-17-38)21-23-37-32-36-33-39(64(58,59)60)24-25-41(36)49(37)29-10-4-7-20-46(54)62-51-44(52)27-28-45(51)53;;;/h5-6,9,16-19,22,24-26,33H,4,7,10-15,20-21,23,27-32H2,1-2H3,(H,55,56,57)(H,58,59,60);;;/q-1;3*+1/p-2/b35-22+,43-26+;;;. The molecular weight excluding hydrogens is 928 g/mol. The van der Waals surface area contributed by atoms with Crippen molar-refractivity contribution in [3.8, 4) is 5.75 Å². The Bertz CT molecular complexity index is 2650. The molecule has 0 bridgehead atoms. The number of hydrogen-bond acceptors (Lipinski definition) is 12. The molecule has 3 aliphatic heterocycles. The number of nitrogens with zero attached hydrogens (tertiary/aromatic N) is 3. The number of ether oxygens (including phenoxy) is 1. The topological polar surface area (TPSA) is 194 Å². The second-order valence-corrected chi connectivity index (χ2v) is 20.0. The fourth-order valence-corrected chi connectivity index (χ4v) is 10.1. The average Bonchev–Trinajstić information content (AvgIpc) is 3.84. The fourth-order valence-electron chi connectivity index (χ4n) is 9.00. The summed E-state index contributed by atoms with van der Waals surface area (Å²) in [5.74, 6) is -0.653. The number of carbonyl (C=O) groups is 3. The third-order valence-electron chi connectivity index (χ3n) is 12.2. The molecule has 14 nitrogen and oxygen atoms in total. The number of hydroxylamine groups is 2. The zero-order valence-corrected chi connectivity index (χ0v) is 46.7. The zero-order chi connectivity index (χ0) is 45.6. The number of rotatable bonds is 19. The molecule has 0 saturated carbocycles. The van der Waals surface area contributed by atoms with Crippen molar-refractivity contribution in [2.75, 3.05) is 23.7 Å². The molecule has 0 spiro atoms. The van der Waals surface area contributed by atoms with Crippen molar-refractivity contribution in [3.63, 3.8) is 0 Å². The number of unbranched alkanes of at least 4 members (excludes halogenated alkanes) is 3. The Labute approximate surface area is 460 Å². The molecule has 4 aliphatic rings. The minimum Gasteiger partial charge on any atom is -0.748 e. The Hall–Kier alpha value is -2.42. The van der Waals surface area contributed by atoms with Gasteiger partial charge in [-0.05, 0) is 86.1 Å². The number of hydrogen-bond donors (Lipinski definition) is 0. The van der Waals surface area contributed by atoms with E-state index in [-0.39, 0.29) is 119 Å². The summed E-state index contributed by atoms with van der Waals surface area (Å²) < 4.78 is 79.0. The van der Waals surface area contributed by atoms with Gasteiger partial charge in [0.25, 0.3) is 11.8 Å². The van der Waals surface area contributed by atoms with Gasteiger partial charge >= 0.3 is 94.6 Å². The minimum absolute atomic E-state index is 0. The predicted octanol–water partition coefficient (Wildman–Crippen LogP) is -1.76. The first-order chi connectivity index (χ1) is 30.5. The van der Waals surface area contributed by atoms with Gasteiger partial charge in [0.1, 0.15) is 22.4 Å². The summed E-state index contributed by atoms with van der Waals surface area (Å²) in [7, 11) is -8.99. The van der Waals surface area contributed by atoms with E-state index in [2.05, 4.69) is 47.6 Å². The number of amides is 2. The number of carbonyl (C=O) groups excluding carboxylic acids is 3. The summed E-state index contributed by atoms with van der Waals surface area (Å²) in [5.41, 5.74) is 7.53. The van der Waals surface area contributed by atoms with E-state index in [1.165, 1.54) is 12.1 Å². The molecule has 1 fully saturated rings. The van der Waals surface area contributed by atoms with Gasteiger partial charge in [-0.15, -0.1) is 28.8 Å². The van der Waals surface area contributed by atoms with Crippen LogP contribution in [0.4, 0.5) is 11.4 Å². The van der Waals surface area contributed by atoms with Crippen LogP contribution >= 0.6 is 0 Å². The first kappa shape index (κ1) is 57.2. The summed E-state index contributed by atoms with van der Waals surface area (Å²) in [6.45, 7) is 5.41. The van der Waals surface area contributed by atoms with Crippen LogP contribution in [-0.4, -0.2) is 77.9 Å². The van der Waals surface area contributed by atoms with Crippen LogP contribution in [0, 0.1) is 12.1 Å². The Morgan fingerprint density at radius 1 is 0.851 bits per heavy atom. The largest absolute Gasteiger partial charge is 1.00 e. The van der Waals surface area contributed by atoms with Crippen LogP contribution in [0.3, 0.4) is 0 Å². The second-order valence-electron chi connectivity index (χ2n) is 17.1. The molecule has 67 heavy (non-hydrogen) atoms. The molecule has 2 amide bonds. The maximum atomic E-state index is 12.4. The quantitative estimate of drug-likeness (QED) is 0.0329. The maximum Gasteiger partial charge on any atom is 1.00 e. The van der Waals surface area contributed by atoms with Crippen molar-refractivity contribution < 1.29 is 143 Å². The van der Waals surface area contributed by atoms with E-state index in [1.54, 1.807) is 18.2 Å². The normalized spacial score (nSPS) is 17.9. The van der Waals surface area contributed by atoms with Crippen molar-refractivity contribution in [1.82, 2.24) is 5.06 Å². The molecular formula is C48H52N3Na3O11S2. The summed E-state index contributed by atoms with van der Waals surface area (Å²) in [6, 6.07) is 23.9. The maximum absolute atomic E-state index is 12.4. The monoisotopic (exact) mass is 979 g/mol. The van der Waals surface area contributed by atoms with Gasteiger partial charge < -0.3 is 23.6 Å². The van der Waals surface area contributed by atoms with Crippen LogP contribution in [0.2, 0.25) is 0 Å². The molecule has 3 aromatic carbocycles. The van der Waals surface area contributed by atoms with E-state index in [0.29, 0.717) is 68.8 Å². The van der Waals surface area contributed by atoms with Gasteiger partial charge in [-0.2, -0.15) is 41.0 Å². The van der Waals surface area contributed by atoms with Crippen LogP contribution in [0.5, 0.6) is 5.75 Å². The number of imide groups is 1. The van der Waals surface area contributed by atoms with E-state index in [9.17, 15) is 40.3 Å². The number of anilines is 1. The van der Waals surface area contributed by atoms with Crippen molar-refractivity contribution >= 4 is 55.1 Å². The Kier molecular flexibility index (Phi) is 21.4. The van der Waals surface area contributed by atoms with Gasteiger partial charge in [0.2, 0.25) is 5.69 Å². The number of allylic oxidation sites excluding steroid dienone is 5. The Morgan fingerprint density at radius 3 is 2.27 bits per heavy atom. The third-order valence-corrected chi connectivity index (χ3v) is 13.9. The molecule has 1 saturated heterocycles. The van der Waals surface area contributed by atoms with Crippen LogP contribution in [0.15, 0.2) is 100 Å². The molecule has 0 unspecified atom stereocenters. The molecule has 3 heterocycles. The summed E-state index contributed by atoms with van der Waals surface area (Å²) in [6.07, 6.45) is 11.1. The molecule has 7 rings (SSSR count). The third kappa shape index (κ3) is 14.6. The SMILES string of the molecule is CC1(C)/C(=C\C=C2/CCCC(CCC3=[N+](CCCCCC(=O)ON4C(=O)CCC4=O)c4ccc(S(=O)(=O)[O-])cc4C3)=C2Oc2cc[c-]cc2)N(CCCCS(=O)(=O)[O-])c2cc[c-]cc21.[Na+].[Na+].[Na+]. The molecule has 340 valence electrons. The summed E-state index contributed by atoms with van der Waals surface area (Å²) >= 11 is 0. The van der Waals surface area contributed by atoms with Crippen molar-refractivity contribution in [2.45, 2.75) is 114 Å². The van der Waals surface area contributed by atoms with Crippen LogP contribution in [0.1, 0.15) is 108 Å². The molecule has 1 aliphatic carbocycles. The van der Waals surface area contributed by atoms with Crippen molar-refractivity contribution in [1.29, 1.82) is 0 Å². The summed E-state index contributed by atoms with van der Waals surface area (Å²) in [4.78, 5) is 43.1. The minimum atomic E-state index is -4.67. The smallest absolute Gasteiger partial charge is 0.748 e. The van der Waals surface area contributed by atoms with E-state index in [1.807, 2.05) is 30.3 Å². The zero-order valence-electron chi connectivity index (χ0n) is 39.1. The van der Waals surface area contributed by atoms with Crippen LogP contribution in [0.25, 0.3) is 0 Å². The van der Waals surface area contributed by atoms with E-state index >= 15 is 0 Å². The molecule has 3 aromatic rings. The first-order valence-corrected chi connectivity index (χ1v) is 24.7. The average molecular weight is 980 g/mol. The van der Waals surface area contributed by atoms with Crippen molar-refractivity contribution in [2.24, 2.45) is 0 Å². The van der Waals surface area contributed by atoms with Gasteiger partial charge in [-0.25, -0.2) is 21.6 Å². The van der Waals surface area contributed by atoms with Crippen LogP contribution < -0.4 is 98.3 Å². The van der Waals surface area contributed by atoms with Crippen LogP contribution in [-0.2, 0) is 51.3 Å². The van der Waals surface area contributed by atoms with Gasteiger partial charge in [-0.1, -0.05) is 25.6 Å². The number of benzene rings is 3. The molecule has 0 atom stereocenters. The Morgan fingerprint density at radius 2 is 1.57 bits per heavy atom. The van der Waals surface area contributed by atoms with E-state index < -0.39 is 49.2 Å². The van der Waals surface area contributed by atoms with Gasteiger partial charge in [0.15, 0.2) is 5.71 Å². The van der Waals surface area contributed by atoms with E-state index in [0.717, 1.165) is 70.1 Å². The molecule has 19 heteroatoms. The van der Waals surface area contributed by atoms with Gasteiger partial charge in [0.05, 0.1) is 21.4 Å². The van der Waals surface area contributed by atoms with Crippen molar-refractivity contribution in [3.05, 3.63) is 119 Å².